The number of rotatable bonds is 3. The molecular formula is C12H10FN5. The van der Waals surface area contributed by atoms with Gasteiger partial charge in [0.25, 0.3) is 0 Å². The van der Waals surface area contributed by atoms with Gasteiger partial charge in [0.05, 0.1) is 0 Å². The molecule has 0 fully saturated rings. The molecule has 18 heavy (non-hydrogen) atoms. The van der Waals surface area contributed by atoms with Crippen molar-refractivity contribution in [1.82, 2.24) is 19.6 Å². The maximum Gasteiger partial charge on any atom is 0.203 e. The average molecular weight is 243 g/mol. The van der Waals surface area contributed by atoms with Gasteiger partial charge in [0.2, 0.25) is 5.65 Å². The summed E-state index contributed by atoms with van der Waals surface area (Å²) in [5.74, 6) is 0.377. The lowest BCUT2D eigenvalue weighted by atomic mass is 10.2. The molecule has 3 rings (SSSR count). The van der Waals surface area contributed by atoms with Gasteiger partial charge in [-0.15, -0.1) is 10.2 Å². The Hall–Kier alpha value is -2.50. The molecule has 6 heteroatoms. The second kappa shape index (κ2) is 4.40. The summed E-state index contributed by atoms with van der Waals surface area (Å²) < 4.78 is 14.8. The van der Waals surface area contributed by atoms with Crippen molar-refractivity contribution in [2.45, 2.75) is 6.54 Å². The molecule has 2 heterocycles. The number of nitrogens with zero attached hydrogens (tertiary/aromatic N) is 4. The van der Waals surface area contributed by atoms with Gasteiger partial charge in [0, 0.05) is 18.9 Å². The highest BCUT2D eigenvalue weighted by atomic mass is 19.1. The minimum absolute atomic E-state index is 0.247. The molecule has 0 bridgehead atoms. The Morgan fingerprint density at radius 3 is 3.17 bits per heavy atom. The maximum atomic E-state index is 13.0. The molecular weight excluding hydrogens is 233 g/mol. The van der Waals surface area contributed by atoms with Crippen molar-refractivity contribution in [1.29, 1.82) is 0 Å². The highest BCUT2D eigenvalue weighted by molar-refractivity contribution is 5.61. The van der Waals surface area contributed by atoms with Crippen LogP contribution in [0.3, 0.4) is 0 Å². The maximum absolute atomic E-state index is 13.0. The number of halogens is 1. The quantitative estimate of drug-likeness (QED) is 0.763. The number of benzene rings is 1. The van der Waals surface area contributed by atoms with Crippen LogP contribution < -0.4 is 5.32 Å². The van der Waals surface area contributed by atoms with Crippen molar-refractivity contribution < 1.29 is 4.39 Å². The molecule has 2 aromatic heterocycles. The summed E-state index contributed by atoms with van der Waals surface area (Å²) in [5, 5.41) is 10.9. The van der Waals surface area contributed by atoms with E-state index in [-0.39, 0.29) is 5.82 Å². The number of hydrogen-bond donors (Lipinski definition) is 1. The largest absolute Gasteiger partial charge is 0.363 e. The Morgan fingerprint density at radius 1 is 1.33 bits per heavy atom. The van der Waals surface area contributed by atoms with Crippen molar-refractivity contribution in [3.8, 4) is 0 Å². The molecule has 0 amide bonds. The highest BCUT2D eigenvalue weighted by Crippen LogP contribution is 2.12. The lowest BCUT2D eigenvalue weighted by molar-refractivity contribution is 0.626. The van der Waals surface area contributed by atoms with Crippen LogP contribution in [-0.2, 0) is 6.54 Å². The first-order chi connectivity index (χ1) is 8.83. The standard InChI is InChI=1S/C12H10FN5/c13-10-3-1-2-9(6-10)7-15-11-12-17-16-8-18(12)5-4-14-11/h1-6,8H,7H2,(H,14,15). The molecule has 0 aliphatic carbocycles. The third kappa shape index (κ3) is 2.00. The van der Waals surface area contributed by atoms with E-state index in [0.29, 0.717) is 18.0 Å². The Kier molecular flexibility index (Phi) is 2.60. The van der Waals surface area contributed by atoms with Crippen molar-refractivity contribution in [3.05, 3.63) is 54.4 Å². The number of nitrogens with one attached hydrogen (secondary N) is 1. The molecule has 0 aliphatic heterocycles. The van der Waals surface area contributed by atoms with Gasteiger partial charge < -0.3 is 5.32 Å². The first kappa shape index (κ1) is 10.6. The smallest absolute Gasteiger partial charge is 0.203 e. The minimum Gasteiger partial charge on any atom is -0.363 e. The molecule has 0 unspecified atom stereocenters. The molecule has 0 saturated heterocycles. The van der Waals surface area contributed by atoms with Crippen LogP contribution in [0.2, 0.25) is 0 Å². The molecule has 5 nitrogen and oxygen atoms in total. The normalized spacial score (nSPS) is 10.7. The molecule has 0 radical (unpaired) electrons. The van der Waals surface area contributed by atoms with Crippen LogP contribution >= 0.6 is 0 Å². The van der Waals surface area contributed by atoms with Gasteiger partial charge in [-0.25, -0.2) is 9.37 Å². The predicted molar refractivity (Wildman–Crippen MR) is 64.5 cm³/mol. The van der Waals surface area contributed by atoms with Crippen LogP contribution in [0.25, 0.3) is 5.65 Å². The van der Waals surface area contributed by atoms with Crippen LogP contribution in [0.15, 0.2) is 43.0 Å². The number of aromatic nitrogens is 4. The fourth-order valence-corrected chi connectivity index (χ4v) is 1.72. The van der Waals surface area contributed by atoms with Crippen molar-refractivity contribution in [2.24, 2.45) is 0 Å². The first-order valence-corrected chi connectivity index (χ1v) is 5.45. The average Bonchev–Trinajstić information content (AvgIpc) is 2.85. The summed E-state index contributed by atoms with van der Waals surface area (Å²) >= 11 is 0. The Balaban J connectivity index is 1.83. The highest BCUT2D eigenvalue weighted by Gasteiger charge is 2.04. The molecule has 90 valence electrons. The van der Waals surface area contributed by atoms with Crippen molar-refractivity contribution in [2.75, 3.05) is 5.32 Å². The summed E-state index contributed by atoms with van der Waals surface area (Å²) in [7, 11) is 0. The zero-order valence-electron chi connectivity index (χ0n) is 9.42. The van der Waals surface area contributed by atoms with Gasteiger partial charge >= 0.3 is 0 Å². The summed E-state index contributed by atoms with van der Waals surface area (Å²) in [6, 6.07) is 6.43. The summed E-state index contributed by atoms with van der Waals surface area (Å²) in [6.07, 6.45) is 5.03. The van der Waals surface area contributed by atoms with Crippen LogP contribution in [0.4, 0.5) is 10.2 Å². The monoisotopic (exact) mass is 243 g/mol. The molecule has 0 saturated carbocycles. The fourth-order valence-electron chi connectivity index (χ4n) is 1.72. The van der Waals surface area contributed by atoms with E-state index < -0.39 is 0 Å². The fraction of sp³-hybridized carbons (Fsp3) is 0.0833. The first-order valence-electron chi connectivity index (χ1n) is 5.45. The van der Waals surface area contributed by atoms with E-state index in [9.17, 15) is 4.39 Å². The van der Waals surface area contributed by atoms with Gasteiger partial charge in [-0.1, -0.05) is 12.1 Å². The summed E-state index contributed by atoms with van der Waals surface area (Å²) in [6.45, 7) is 0.483. The van der Waals surface area contributed by atoms with E-state index in [1.165, 1.54) is 12.1 Å². The summed E-state index contributed by atoms with van der Waals surface area (Å²) in [5.41, 5.74) is 1.49. The van der Waals surface area contributed by atoms with Gasteiger partial charge in [-0.2, -0.15) is 0 Å². The molecule has 1 N–H and O–H groups in total. The van der Waals surface area contributed by atoms with Crippen molar-refractivity contribution >= 4 is 11.5 Å². The predicted octanol–water partition coefficient (Wildman–Crippen LogP) is 1.88. The molecule has 1 aromatic carbocycles. The van der Waals surface area contributed by atoms with E-state index in [0.717, 1.165) is 5.56 Å². The number of fused-ring (bicyclic) bond motifs is 1. The lowest BCUT2D eigenvalue weighted by Crippen LogP contribution is -2.03. The third-order valence-electron chi connectivity index (χ3n) is 2.56. The Bertz CT molecular complexity index is 679. The molecule has 3 aromatic rings. The molecule has 0 atom stereocenters. The number of anilines is 1. The molecule has 0 aliphatic rings. The Labute approximate surface area is 102 Å². The Morgan fingerprint density at radius 2 is 2.28 bits per heavy atom. The summed E-state index contributed by atoms with van der Waals surface area (Å²) in [4.78, 5) is 4.19. The van der Waals surface area contributed by atoms with E-state index in [1.54, 1.807) is 29.2 Å². The topological polar surface area (TPSA) is 55.1 Å². The van der Waals surface area contributed by atoms with Gasteiger partial charge in [-0.05, 0) is 17.7 Å². The van der Waals surface area contributed by atoms with Crippen LogP contribution in [0, 0.1) is 5.82 Å². The van der Waals surface area contributed by atoms with Gasteiger partial charge in [-0.3, -0.25) is 4.40 Å². The molecule has 0 spiro atoms. The second-order valence-corrected chi connectivity index (χ2v) is 3.82. The van der Waals surface area contributed by atoms with Gasteiger partial charge in [0.15, 0.2) is 5.82 Å². The van der Waals surface area contributed by atoms with Crippen molar-refractivity contribution in [3.63, 3.8) is 0 Å². The van der Waals surface area contributed by atoms with E-state index in [1.807, 2.05) is 6.07 Å². The van der Waals surface area contributed by atoms with Crippen LogP contribution in [0.1, 0.15) is 5.56 Å². The number of hydrogen-bond acceptors (Lipinski definition) is 4. The van der Waals surface area contributed by atoms with Crippen LogP contribution in [0.5, 0.6) is 0 Å². The van der Waals surface area contributed by atoms with Gasteiger partial charge in [0.1, 0.15) is 12.1 Å². The van der Waals surface area contributed by atoms with Crippen LogP contribution in [-0.4, -0.2) is 19.6 Å². The zero-order chi connectivity index (χ0) is 12.4. The lowest BCUT2D eigenvalue weighted by Gasteiger charge is -2.06. The zero-order valence-corrected chi connectivity index (χ0v) is 9.42. The minimum atomic E-state index is -0.247. The SMILES string of the molecule is Fc1cccc(CNc2nccn3cnnc23)c1. The third-order valence-corrected chi connectivity index (χ3v) is 2.56. The van der Waals surface area contributed by atoms with E-state index in [4.69, 9.17) is 0 Å². The second-order valence-electron chi connectivity index (χ2n) is 3.82. The van der Waals surface area contributed by atoms with E-state index >= 15 is 0 Å². The van der Waals surface area contributed by atoms with E-state index in [2.05, 4.69) is 20.5 Å².